The van der Waals surface area contributed by atoms with Crippen molar-refractivity contribution in [2.24, 2.45) is 0 Å². The lowest BCUT2D eigenvalue weighted by Crippen LogP contribution is -2.06. The van der Waals surface area contributed by atoms with Crippen molar-refractivity contribution in [1.82, 2.24) is 4.98 Å². The lowest BCUT2D eigenvalue weighted by Gasteiger charge is -2.09. The Labute approximate surface area is 99.9 Å². The van der Waals surface area contributed by atoms with E-state index in [1.54, 1.807) is 0 Å². The van der Waals surface area contributed by atoms with Crippen LogP contribution >= 0.6 is 43.5 Å². The van der Waals surface area contributed by atoms with Gasteiger partial charge in [-0.05, 0) is 6.07 Å². The van der Waals surface area contributed by atoms with Gasteiger partial charge in [0.05, 0.1) is 16.3 Å². The first-order valence-electron chi connectivity index (χ1n) is 3.33. The number of nitrogens with zero attached hydrogens (tertiary/aromatic N) is 1. The third kappa shape index (κ3) is 2.84. The predicted octanol–water partition coefficient (Wildman–Crippen LogP) is 4.54. The quantitative estimate of drug-likeness (QED) is 0.676. The summed E-state index contributed by atoms with van der Waals surface area (Å²) in [7, 11) is 0. The fraction of sp³-hybridized carbons (Fsp3) is 0.286. The summed E-state index contributed by atoms with van der Waals surface area (Å²) in [5, 5.41) is -0.0291. The predicted molar refractivity (Wildman–Crippen MR) is 54.8 cm³/mol. The highest BCUT2D eigenvalue weighted by atomic mass is 79.9. The molecule has 0 aliphatic carbocycles. The van der Waals surface area contributed by atoms with Crippen molar-refractivity contribution in [1.29, 1.82) is 0 Å². The van der Waals surface area contributed by atoms with Crippen LogP contribution in [0.2, 0.25) is 5.02 Å². The molecule has 1 rings (SSSR count). The molecule has 7 heteroatoms. The van der Waals surface area contributed by atoms with Gasteiger partial charge >= 0.3 is 6.18 Å². The molecule has 1 aromatic heterocycles. The Bertz CT molecular complexity index is 340. The molecule has 0 aromatic carbocycles. The third-order valence-electron chi connectivity index (χ3n) is 1.40. The van der Waals surface area contributed by atoms with Crippen LogP contribution in [-0.2, 0) is 6.18 Å². The summed E-state index contributed by atoms with van der Waals surface area (Å²) >= 11 is 11.8. The monoisotopic (exact) mass is 351 g/mol. The Morgan fingerprint density at radius 1 is 1.36 bits per heavy atom. The highest BCUT2D eigenvalue weighted by molar-refractivity contribution is 9.24. The maximum absolute atomic E-state index is 12.2. The van der Waals surface area contributed by atoms with Crippen LogP contribution in [-0.4, -0.2) is 4.98 Å². The van der Waals surface area contributed by atoms with Crippen LogP contribution < -0.4 is 0 Å². The molecule has 0 spiro atoms. The Morgan fingerprint density at radius 3 is 2.29 bits per heavy atom. The highest BCUT2D eigenvalue weighted by Crippen LogP contribution is 2.36. The van der Waals surface area contributed by atoms with Crippen LogP contribution in [0.1, 0.15) is 15.0 Å². The zero-order valence-corrected chi connectivity index (χ0v) is 10.4. The van der Waals surface area contributed by atoms with E-state index in [4.69, 9.17) is 11.6 Å². The normalized spacial score (nSPS) is 12.2. The highest BCUT2D eigenvalue weighted by Gasteiger charge is 2.31. The lowest BCUT2D eigenvalue weighted by atomic mass is 10.2. The average Bonchev–Trinajstić information content (AvgIpc) is 2.01. The van der Waals surface area contributed by atoms with E-state index in [2.05, 4.69) is 36.8 Å². The maximum atomic E-state index is 12.2. The molecule has 0 atom stereocenters. The fourth-order valence-corrected chi connectivity index (χ4v) is 2.03. The van der Waals surface area contributed by atoms with Crippen LogP contribution in [0.4, 0.5) is 13.2 Å². The standard InChI is InChI=1S/C7H3Br2ClF3N/c8-6(9)5-4(10)1-3(2-14-5)7(11,12)13/h1-2,6H. The first kappa shape index (κ1) is 12.3. The summed E-state index contributed by atoms with van der Waals surface area (Å²) in [5.74, 6) is 0. The van der Waals surface area contributed by atoms with Gasteiger partial charge in [-0.15, -0.1) is 0 Å². The molecule has 0 radical (unpaired) electrons. The van der Waals surface area contributed by atoms with Gasteiger partial charge in [0.1, 0.15) is 3.74 Å². The van der Waals surface area contributed by atoms with Gasteiger partial charge in [0, 0.05) is 6.20 Å². The van der Waals surface area contributed by atoms with Gasteiger partial charge in [0.25, 0.3) is 0 Å². The van der Waals surface area contributed by atoms with E-state index in [-0.39, 0.29) is 8.76 Å². The SMILES string of the molecule is FC(F)(F)c1cnc(C(Br)Br)c(Cl)c1. The summed E-state index contributed by atoms with van der Waals surface area (Å²) in [6.07, 6.45) is -3.67. The Kier molecular flexibility index (Phi) is 3.82. The van der Waals surface area contributed by atoms with E-state index in [0.717, 1.165) is 12.3 Å². The third-order valence-corrected chi connectivity index (χ3v) is 2.57. The van der Waals surface area contributed by atoms with Crippen molar-refractivity contribution in [3.63, 3.8) is 0 Å². The van der Waals surface area contributed by atoms with Gasteiger partial charge in [-0.25, -0.2) is 0 Å². The summed E-state index contributed by atoms with van der Waals surface area (Å²) in [6.45, 7) is 0. The molecule has 0 amide bonds. The van der Waals surface area contributed by atoms with Gasteiger partial charge in [-0.2, -0.15) is 13.2 Å². The Hall–Kier alpha value is 0.190. The van der Waals surface area contributed by atoms with Crippen LogP contribution in [0.5, 0.6) is 0 Å². The molecule has 0 fully saturated rings. The zero-order valence-electron chi connectivity index (χ0n) is 6.45. The van der Waals surface area contributed by atoms with Crippen molar-refractivity contribution >= 4 is 43.5 Å². The number of pyridine rings is 1. The van der Waals surface area contributed by atoms with E-state index in [1.807, 2.05) is 0 Å². The lowest BCUT2D eigenvalue weighted by molar-refractivity contribution is -0.137. The minimum atomic E-state index is -4.41. The van der Waals surface area contributed by atoms with Gasteiger partial charge in [0.15, 0.2) is 0 Å². The zero-order chi connectivity index (χ0) is 10.9. The smallest absolute Gasteiger partial charge is 0.257 e. The first-order chi connectivity index (χ1) is 6.32. The summed E-state index contributed by atoms with van der Waals surface area (Å²) in [4.78, 5) is 3.60. The molecule has 14 heavy (non-hydrogen) atoms. The van der Waals surface area contributed by atoms with Gasteiger partial charge in [-0.3, -0.25) is 4.98 Å². The van der Waals surface area contributed by atoms with Crippen molar-refractivity contribution in [3.05, 3.63) is 28.5 Å². The minimum absolute atomic E-state index is 0.0291. The van der Waals surface area contributed by atoms with E-state index >= 15 is 0 Å². The van der Waals surface area contributed by atoms with Crippen molar-refractivity contribution < 1.29 is 13.2 Å². The Morgan fingerprint density at radius 2 is 1.93 bits per heavy atom. The molecule has 0 unspecified atom stereocenters. The van der Waals surface area contributed by atoms with Crippen LogP contribution in [0.3, 0.4) is 0 Å². The molecule has 78 valence electrons. The number of hydrogen-bond donors (Lipinski definition) is 0. The van der Waals surface area contributed by atoms with Crippen LogP contribution in [0, 0.1) is 0 Å². The molecular weight excluding hydrogens is 350 g/mol. The molecule has 0 saturated carbocycles. The number of hydrogen-bond acceptors (Lipinski definition) is 1. The fourth-order valence-electron chi connectivity index (χ4n) is 0.764. The second-order valence-electron chi connectivity index (χ2n) is 2.39. The molecule has 0 bridgehead atoms. The van der Waals surface area contributed by atoms with Crippen LogP contribution in [0.15, 0.2) is 12.3 Å². The van der Waals surface area contributed by atoms with E-state index in [0.29, 0.717) is 5.69 Å². The van der Waals surface area contributed by atoms with Gasteiger partial charge in [-0.1, -0.05) is 43.5 Å². The van der Waals surface area contributed by atoms with E-state index in [9.17, 15) is 13.2 Å². The van der Waals surface area contributed by atoms with Crippen molar-refractivity contribution in [2.75, 3.05) is 0 Å². The molecule has 0 N–H and O–H groups in total. The first-order valence-corrected chi connectivity index (χ1v) is 5.54. The topological polar surface area (TPSA) is 12.9 Å². The van der Waals surface area contributed by atoms with E-state index in [1.165, 1.54) is 0 Å². The Balaban J connectivity index is 3.13. The molecule has 0 saturated heterocycles. The average molecular weight is 353 g/mol. The van der Waals surface area contributed by atoms with Crippen molar-refractivity contribution in [3.8, 4) is 0 Å². The largest absolute Gasteiger partial charge is 0.417 e. The molecule has 0 aliphatic heterocycles. The van der Waals surface area contributed by atoms with Gasteiger partial charge < -0.3 is 0 Å². The van der Waals surface area contributed by atoms with E-state index < -0.39 is 11.7 Å². The molecule has 0 aliphatic rings. The maximum Gasteiger partial charge on any atom is 0.417 e. The molecule has 1 heterocycles. The molecule has 1 nitrogen and oxygen atoms in total. The number of rotatable bonds is 1. The van der Waals surface area contributed by atoms with Gasteiger partial charge in [0.2, 0.25) is 0 Å². The number of alkyl halides is 5. The second kappa shape index (κ2) is 4.37. The van der Waals surface area contributed by atoms with Crippen molar-refractivity contribution in [2.45, 2.75) is 9.91 Å². The number of aromatic nitrogens is 1. The van der Waals surface area contributed by atoms with Crippen LogP contribution in [0.25, 0.3) is 0 Å². The number of halogens is 6. The molecule has 1 aromatic rings. The minimum Gasteiger partial charge on any atom is -0.257 e. The molecular formula is C7H3Br2ClF3N. The second-order valence-corrected chi connectivity index (χ2v) is 5.86. The summed E-state index contributed by atoms with van der Waals surface area (Å²) in [6, 6.07) is 0.847. The summed E-state index contributed by atoms with van der Waals surface area (Å²) < 4.78 is 36.2. The summed E-state index contributed by atoms with van der Waals surface area (Å²) in [5.41, 5.74) is -0.536.